The summed E-state index contributed by atoms with van der Waals surface area (Å²) in [7, 11) is 6.16. The quantitative estimate of drug-likeness (QED) is 0.458. The Morgan fingerprint density at radius 1 is 1.21 bits per heavy atom. The molecule has 1 unspecified atom stereocenters. The van der Waals surface area contributed by atoms with E-state index in [1.165, 1.54) is 5.56 Å². The average molecular weight is 333 g/mol. The average Bonchev–Trinajstić information content (AvgIpc) is 2.58. The SMILES string of the molecule is CN=C(NCCOc1ccc(C)cc1)NCC1CN(C)CCN1C. The molecule has 2 rings (SSSR count). The van der Waals surface area contributed by atoms with E-state index >= 15 is 0 Å². The van der Waals surface area contributed by atoms with Crippen LogP contribution in [0.2, 0.25) is 0 Å². The third kappa shape index (κ3) is 6.02. The number of aryl methyl sites for hydroxylation is 1. The normalized spacial score (nSPS) is 20.0. The summed E-state index contributed by atoms with van der Waals surface area (Å²) >= 11 is 0. The molecule has 1 fully saturated rings. The first-order chi connectivity index (χ1) is 11.6. The fourth-order valence-electron chi connectivity index (χ4n) is 2.73. The summed E-state index contributed by atoms with van der Waals surface area (Å²) in [5.41, 5.74) is 1.24. The minimum absolute atomic E-state index is 0.506. The lowest BCUT2D eigenvalue weighted by atomic mass is 10.2. The number of aliphatic imine (C=N–C) groups is 1. The summed E-state index contributed by atoms with van der Waals surface area (Å²) in [4.78, 5) is 9.06. The van der Waals surface area contributed by atoms with Gasteiger partial charge in [0.2, 0.25) is 0 Å². The van der Waals surface area contributed by atoms with Crippen molar-refractivity contribution in [2.45, 2.75) is 13.0 Å². The molecule has 1 aliphatic rings. The summed E-state index contributed by atoms with van der Waals surface area (Å²) in [6.45, 7) is 7.61. The fraction of sp³-hybridized carbons (Fsp3) is 0.611. The van der Waals surface area contributed by atoms with Gasteiger partial charge in [-0.15, -0.1) is 0 Å². The number of hydrogen-bond acceptors (Lipinski definition) is 4. The fourth-order valence-corrected chi connectivity index (χ4v) is 2.73. The summed E-state index contributed by atoms with van der Waals surface area (Å²) in [6.07, 6.45) is 0. The Morgan fingerprint density at radius 2 is 1.96 bits per heavy atom. The molecule has 0 aliphatic carbocycles. The van der Waals surface area contributed by atoms with Crippen molar-refractivity contribution in [2.75, 3.05) is 60.5 Å². The predicted molar refractivity (Wildman–Crippen MR) is 100.0 cm³/mol. The smallest absolute Gasteiger partial charge is 0.191 e. The molecule has 0 bridgehead atoms. The molecule has 0 spiro atoms. The Kier molecular flexibility index (Phi) is 7.34. The molecule has 1 saturated heterocycles. The van der Waals surface area contributed by atoms with E-state index in [4.69, 9.17) is 4.74 Å². The van der Waals surface area contributed by atoms with E-state index in [0.717, 1.165) is 37.9 Å². The molecule has 1 heterocycles. The zero-order valence-corrected chi connectivity index (χ0v) is 15.4. The first-order valence-corrected chi connectivity index (χ1v) is 8.61. The lowest BCUT2D eigenvalue weighted by Gasteiger charge is -2.37. The number of benzene rings is 1. The van der Waals surface area contributed by atoms with Crippen LogP contribution in [0, 0.1) is 6.92 Å². The molecule has 0 amide bonds. The van der Waals surface area contributed by atoms with Crippen molar-refractivity contribution in [2.24, 2.45) is 4.99 Å². The Hall–Kier alpha value is -1.79. The molecule has 24 heavy (non-hydrogen) atoms. The van der Waals surface area contributed by atoms with Gasteiger partial charge >= 0.3 is 0 Å². The van der Waals surface area contributed by atoms with E-state index in [-0.39, 0.29) is 0 Å². The summed E-state index contributed by atoms with van der Waals surface area (Å²) in [5.74, 6) is 1.72. The van der Waals surface area contributed by atoms with Crippen molar-refractivity contribution in [3.8, 4) is 5.75 Å². The van der Waals surface area contributed by atoms with Gasteiger partial charge in [-0.25, -0.2) is 0 Å². The van der Waals surface area contributed by atoms with Crippen molar-refractivity contribution in [3.63, 3.8) is 0 Å². The molecule has 134 valence electrons. The zero-order valence-electron chi connectivity index (χ0n) is 15.4. The number of piperazine rings is 1. The van der Waals surface area contributed by atoms with Gasteiger partial charge in [0.15, 0.2) is 5.96 Å². The van der Waals surface area contributed by atoms with Crippen molar-refractivity contribution in [3.05, 3.63) is 29.8 Å². The van der Waals surface area contributed by atoms with Crippen LogP contribution in [0.1, 0.15) is 5.56 Å². The van der Waals surface area contributed by atoms with Crippen LogP contribution in [-0.2, 0) is 0 Å². The van der Waals surface area contributed by atoms with Gasteiger partial charge in [-0.05, 0) is 33.2 Å². The lowest BCUT2D eigenvalue weighted by molar-refractivity contribution is 0.116. The van der Waals surface area contributed by atoms with Gasteiger partial charge in [-0.2, -0.15) is 0 Å². The Labute approximate surface area is 145 Å². The van der Waals surface area contributed by atoms with Crippen LogP contribution in [0.15, 0.2) is 29.3 Å². The van der Waals surface area contributed by atoms with Crippen molar-refractivity contribution in [1.29, 1.82) is 0 Å². The zero-order chi connectivity index (χ0) is 17.4. The van der Waals surface area contributed by atoms with Gasteiger partial charge < -0.3 is 20.3 Å². The highest BCUT2D eigenvalue weighted by Crippen LogP contribution is 2.10. The van der Waals surface area contributed by atoms with Crippen LogP contribution >= 0.6 is 0 Å². The summed E-state index contributed by atoms with van der Waals surface area (Å²) in [6, 6.07) is 8.61. The third-order valence-corrected chi connectivity index (χ3v) is 4.39. The van der Waals surface area contributed by atoms with Crippen LogP contribution < -0.4 is 15.4 Å². The number of nitrogens with zero attached hydrogens (tertiary/aromatic N) is 3. The molecular formula is C18H31N5O. The number of rotatable bonds is 6. The van der Waals surface area contributed by atoms with Crippen LogP contribution in [0.5, 0.6) is 5.75 Å². The number of nitrogens with one attached hydrogen (secondary N) is 2. The number of guanidine groups is 1. The van der Waals surface area contributed by atoms with Crippen LogP contribution in [0.4, 0.5) is 0 Å². The van der Waals surface area contributed by atoms with Gasteiger partial charge in [0.1, 0.15) is 12.4 Å². The summed E-state index contributed by atoms with van der Waals surface area (Å²) < 4.78 is 5.72. The van der Waals surface area contributed by atoms with Crippen molar-refractivity contribution >= 4 is 5.96 Å². The number of likely N-dealkylation sites (N-methyl/N-ethyl adjacent to an activating group) is 2. The number of ether oxygens (including phenoxy) is 1. The second-order valence-electron chi connectivity index (χ2n) is 6.44. The maximum absolute atomic E-state index is 5.72. The second-order valence-corrected chi connectivity index (χ2v) is 6.44. The highest BCUT2D eigenvalue weighted by Gasteiger charge is 2.21. The molecule has 1 aliphatic heterocycles. The van der Waals surface area contributed by atoms with Crippen LogP contribution in [0.25, 0.3) is 0 Å². The van der Waals surface area contributed by atoms with Gasteiger partial charge in [0, 0.05) is 39.3 Å². The second kappa shape index (κ2) is 9.49. The van der Waals surface area contributed by atoms with E-state index in [1.807, 2.05) is 12.1 Å². The van der Waals surface area contributed by atoms with Crippen molar-refractivity contribution in [1.82, 2.24) is 20.4 Å². The van der Waals surface area contributed by atoms with E-state index in [0.29, 0.717) is 19.2 Å². The number of hydrogen-bond donors (Lipinski definition) is 2. The highest BCUT2D eigenvalue weighted by molar-refractivity contribution is 5.79. The molecule has 1 atom stereocenters. The Morgan fingerprint density at radius 3 is 2.67 bits per heavy atom. The van der Waals surface area contributed by atoms with E-state index in [9.17, 15) is 0 Å². The Balaban J connectivity index is 1.66. The topological polar surface area (TPSA) is 52.1 Å². The minimum atomic E-state index is 0.506. The van der Waals surface area contributed by atoms with E-state index in [2.05, 4.69) is 58.6 Å². The molecule has 1 aromatic rings. The maximum atomic E-state index is 5.72. The largest absolute Gasteiger partial charge is 0.492 e. The van der Waals surface area contributed by atoms with E-state index in [1.54, 1.807) is 7.05 Å². The highest BCUT2D eigenvalue weighted by atomic mass is 16.5. The molecule has 0 aromatic heterocycles. The predicted octanol–water partition coefficient (Wildman–Crippen LogP) is 0.785. The molecule has 0 saturated carbocycles. The third-order valence-electron chi connectivity index (χ3n) is 4.39. The van der Waals surface area contributed by atoms with Crippen LogP contribution in [0.3, 0.4) is 0 Å². The van der Waals surface area contributed by atoms with Gasteiger partial charge in [-0.3, -0.25) is 9.89 Å². The van der Waals surface area contributed by atoms with Gasteiger partial charge in [-0.1, -0.05) is 17.7 Å². The van der Waals surface area contributed by atoms with Gasteiger partial charge in [0.25, 0.3) is 0 Å². The molecular weight excluding hydrogens is 302 g/mol. The Bertz CT molecular complexity index is 517. The van der Waals surface area contributed by atoms with Crippen LogP contribution in [-0.4, -0.2) is 82.3 Å². The van der Waals surface area contributed by atoms with Gasteiger partial charge in [0.05, 0.1) is 6.54 Å². The first-order valence-electron chi connectivity index (χ1n) is 8.61. The lowest BCUT2D eigenvalue weighted by Crippen LogP contribution is -2.55. The molecule has 1 aromatic carbocycles. The summed E-state index contributed by atoms with van der Waals surface area (Å²) in [5, 5.41) is 6.71. The molecule has 0 radical (unpaired) electrons. The van der Waals surface area contributed by atoms with Crippen molar-refractivity contribution < 1.29 is 4.74 Å². The molecule has 6 nitrogen and oxygen atoms in total. The molecule has 6 heteroatoms. The molecule has 2 N–H and O–H groups in total. The first kappa shape index (κ1) is 18.5. The van der Waals surface area contributed by atoms with E-state index < -0.39 is 0 Å². The monoisotopic (exact) mass is 333 g/mol. The standard InChI is InChI=1S/C18H31N5O/c1-15-5-7-17(8-6-15)24-12-9-20-18(19-2)21-13-16-14-22(3)10-11-23(16)4/h5-8,16H,9-14H2,1-4H3,(H2,19,20,21). The minimum Gasteiger partial charge on any atom is -0.492 e. The maximum Gasteiger partial charge on any atom is 0.191 e.